The van der Waals surface area contributed by atoms with Gasteiger partial charge in [0.05, 0.1) is 5.41 Å². The molecule has 0 aromatic heterocycles. The lowest BCUT2D eigenvalue weighted by Gasteiger charge is -2.27. The molecule has 2 aromatic carbocycles. The van der Waals surface area contributed by atoms with Crippen LogP contribution in [-0.2, 0) is 11.2 Å². The summed E-state index contributed by atoms with van der Waals surface area (Å²) >= 11 is 0. The van der Waals surface area contributed by atoms with E-state index in [1.165, 1.54) is 12.1 Å². The summed E-state index contributed by atoms with van der Waals surface area (Å²) in [5, 5.41) is 18.4. The van der Waals surface area contributed by atoms with E-state index in [1.54, 1.807) is 13.0 Å². The van der Waals surface area contributed by atoms with Gasteiger partial charge in [0.15, 0.2) is 0 Å². The van der Waals surface area contributed by atoms with Crippen molar-refractivity contribution in [3.8, 4) is 11.1 Å². The lowest BCUT2D eigenvalue weighted by molar-refractivity contribution is -0.149. The number of aliphatic hydroxyl groups excluding tert-OH is 1. The fourth-order valence-electron chi connectivity index (χ4n) is 3.00. The van der Waals surface area contributed by atoms with Crippen LogP contribution < -0.4 is 5.73 Å². The van der Waals surface area contributed by atoms with Gasteiger partial charge in [0.2, 0.25) is 0 Å². The number of carbonyl (C=O) groups is 1. The van der Waals surface area contributed by atoms with Gasteiger partial charge >= 0.3 is 5.97 Å². The van der Waals surface area contributed by atoms with E-state index >= 15 is 0 Å². The Morgan fingerprint density at radius 1 is 1.20 bits per heavy atom. The highest BCUT2D eigenvalue weighted by molar-refractivity contribution is 5.74. The van der Waals surface area contributed by atoms with Gasteiger partial charge in [-0.25, -0.2) is 4.39 Å². The molecule has 4 nitrogen and oxygen atoms in total. The van der Waals surface area contributed by atoms with Crippen molar-refractivity contribution in [1.82, 2.24) is 0 Å². The number of nitrogens with two attached hydrogens (primary N) is 1. The number of benzene rings is 2. The van der Waals surface area contributed by atoms with Gasteiger partial charge in [0.1, 0.15) is 5.82 Å². The minimum Gasteiger partial charge on any atom is -0.481 e. The van der Waals surface area contributed by atoms with E-state index in [1.807, 2.05) is 30.3 Å². The van der Waals surface area contributed by atoms with Gasteiger partial charge in [0.25, 0.3) is 0 Å². The summed E-state index contributed by atoms with van der Waals surface area (Å²) in [6, 6.07) is 13.7. The van der Waals surface area contributed by atoms with Crippen molar-refractivity contribution in [1.29, 1.82) is 0 Å². The Hall–Kier alpha value is -2.24. The van der Waals surface area contributed by atoms with E-state index in [0.717, 1.165) is 16.7 Å². The maximum Gasteiger partial charge on any atom is 0.309 e. The van der Waals surface area contributed by atoms with Crippen LogP contribution >= 0.6 is 0 Å². The first-order valence-corrected chi connectivity index (χ1v) is 8.29. The first-order valence-electron chi connectivity index (χ1n) is 8.29. The van der Waals surface area contributed by atoms with E-state index in [9.17, 15) is 14.3 Å². The number of carboxylic acids is 1. The minimum atomic E-state index is -1.03. The predicted molar refractivity (Wildman–Crippen MR) is 95.6 cm³/mol. The van der Waals surface area contributed by atoms with Crippen LogP contribution in [-0.4, -0.2) is 28.8 Å². The molecular formula is C20H24FNO3. The van der Waals surface area contributed by atoms with Crippen LogP contribution in [0.3, 0.4) is 0 Å². The Labute approximate surface area is 147 Å². The molecule has 4 N–H and O–H groups in total. The van der Waals surface area contributed by atoms with E-state index in [-0.39, 0.29) is 31.3 Å². The summed E-state index contributed by atoms with van der Waals surface area (Å²) in [4.78, 5) is 11.4. The van der Waals surface area contributed by atoms with Gasteiger partial charge in [-0.15, -0.1) is 0 Å². The lowest BCUT2D eigenvalue weighted by Crippen LogP contribution is -2.37. The fourth-order valence-corrected chi connectivity index (χ4v) is 3.00. The average molecular weight is 345 g/mol. The van der Waals surface area contributed by atoms with Gasteiger partial charge in [0, 0.05) is 12.6 Å². The number of hydrogen-bond donors (Lipinski definition) is 3. The number of carboxylic acid groups (broad SMARTS) is 1. The van der Waals surface area contributed by atoms with Crippen LogP contribution in [0.25, 0.3) is 11.1 Å². The van der Waals surface area contributed by atoms with Crippen LogP contribution in [0.1, 0.15) is 25.3 Å². The van der Waals surface area contributed by atoms with Crippen molar-refractivity contribution in [3.63, 3.8) is 0 Å². The topological polar surface area (TPSA) is 83.5 Å². The molecule has 0 radical (unpaired) electrons. The summed E-state index contributed by atoms with van der Waals surface area (Å²) in [6.45, 7) is 1.43. The summed E-state index contributed by atoms with van der Waals surface area (Å²) in [6.07, 6.45) is 1.00. The van der Waals surface area contributed by atoms with Gasteiger partial charge < -0.3 is 15.9 Å². The summed E-state index contributed by atoms with van der Waals surface area (Å²) in [7, 11) is 0. The molecule has 0 saturated heterocycles. The molecule has 0 bridgehead atoms. The Balaban J connectivity index is 2.04. The zero-order chi connectivity index (χ0) is 18.4. The zero-order valence-electron chi connectivity index (χ0n) is 14.3. The van der Waals surface area contributed by atoms with Crippen molar-refractivity contribution in [2.24, 2.45) is 11.1 Å². The van der Waals surface area contributed by atoms with Crippen LogP contribution in [0.4, 0.5) is 4.39 Å². The van der Waals surface area contributed by atoms with E-state index in [0.29, 0.717) is 6.42 Å². The summed E-state index contributed by atoms with van der Waals surface area (Å²) in [5.41, 5.74) is 7.81. The Morgan fingerprint density at radius 3 is 2.44 bits per heavy atom. The maximum atomic E-state index is 13.3. The molecule has 2 atom stereocenters. The van der Waals surface area contributed by atoms with Gasteiger partial charge in [-0.3, -0.25) is 4.79 Å². The number of halogens is 1. The molecule has 0 fully saturated rings. The zero-order valence-corrected chi connectivity index (χ0v) is 14.3. The number of aliphatic carboxylic acids is 1. The highest BCUT2D eigenvalue weighted by atomic mass is 19.1. The van der Waals surface area contributed by atoms with Crippen LogP contribution in [0.2, 0.25) is 0 Å². The third-order valence-electron chi connectivity index (χ3n) is 4.50. The van der Waals surface area contributed by atoms with Crippen molar-refractivity contribution >= 4 is 5.97 Å². The Kier molecular flexibility index (Phi) is 6.28. The molecule has 2 rings (SSSR count). The van der Waals surface area contributed by atoms with Crippen LogP contribution in [0, 0.1) is 11.2 Å². The molecule has 134 valence electrons. The second-order valence-electron chi connectivity index (χ2n) is 6.72. The number of rotatable bonds is 8. The second kappa shape index (κ2) is 8.23. The average Bonchev–Trinajstić information content (AvgIpc) is 2.55. The molecule has 0 aliphatic carbocycles. The highest BCUT2D eigenvalue weighted by Crippen LogP contribution is 2.28. The number of aliphatic hydroxyl groups is 1. The fraction of sp³-hybridized carbons (Fsp3) is 0.350. The Bertz CT molecular complexity index is 717. The molecule has 25 heavy (non-hydrogen) atoms. The summed E-state index contributed by atoms with van der Waals surface area (Å²) in [5.74, 6) is -1.22. The largest absolute Gasteiger partial charge is 0.481 e. The molecule has 2 aromatic rings. The molecule has 0 unspecified atom stereocenters. The number of hydrogen-bond acceptors (Lipinski definition) is 3. The predicted octanol–water partition coefficient (Wildman–Crippen LogP) is 3.23. The monoisotopic (exact) mass is 345 g/mol. The molecule has 0 aliphatic heterocycles. The highest BCUT2D eigenvalue weighted by Gasteiger charge is 2.34. The van der Waals surface area contributed by atoms with Gasteiger partial charge in [-0.1, -0.05) is 36.4 Å². The van der Waals surface area contributed by atoms with E-state index in [2.05, 4.69) is 0 Å². The van der Waals surface area contributed by atoms with E-state index < -0.39 is 11.4 Å². The molecule has 0 amide bonds. The maximum absolute atomic E-state index is 13.3. The molecule has 0 aliphatic rings. The third-order valence-corrected chi connectivity index (χ3v) is 4.50. The van der Waals surface area contributed by atoms with Crippen molar-refractivity contribution in [3.05, 3.63) is 59.9 Å². The second-order valence-corrected chi connectivity index (χ2v) is 6.72. The molecular weight excluding hydrogens is 321 g/mol. The molecule has 0 saturated carbocycles. The standard InChI is InChI=1S/C20H24FNO3/c1-20(9-10-23,19(24)25)13-18(22)11-14-5-7-15(8-6-14)16-3-2-4-17(21)12-16/h2-8,12,18,23H,9-11,13,22H2,1H3,(H,24,25)/t18-,20-/m1/s1. The lowest BCUT2D eigenvalue weighted by atomic mass is 9.79. The third kappa shape index (κ3) is 5.11. The van der Waals surface area contributed by atoms with Crippen LogP contribution in [0.15, 0.2) is 48.5 Å². The summed E-state index contributed by atoms with van der Waals surface area (Å²) < 4.78 is 13.3. The Morgan fingerprint density at radius 2 is 1.88 bits per heavy atom. The normalized spacial score (nSPS) is 14.7. The molecule has 0 heterocycles. The quantitative estimate of drug-likeness (QED) is 0.686. The first-order chi connectivity index (χ1) is 11.8. The van der Waals surface area contributed by atoms with Crippen molar-refractivity contribution in [2.45, 2.75) is 32.2 Å². The van der Waals surface area contributed by atoms with Gasteiger partial charge in [-0.05, 0) is 55.0 Å². The smallest absolute Gasteiger partial charge is 0.309 e. The van der Waals surface area contributed by atoms with Gasteiger partial charge in [-0.2, -0.15) is 0 Å². The first kappa shape index (κ1) is 19.1. The van der Waals surface area contributed by atoms with Crippen molar-refractivity contribution < 1.29 is 19.4 Å². The van der Waals surface area contributed by atoms with Crippen LogP contribution in [0.5, 0.6) is 0 Å². The minimum absolute atomic E-state index is 0.175. The molecule has 0 spiro atoms. The SMILES string of the molecule is C[C@@](CCO)(C[C@H](N)Cc1ccc(-c2cccc(F)c2)cc1)C(=O)O. The van der Waals surface area contributed by atoms with Crippen molar-refractivity contribution in [2.75, 3.05) is 6.61 Å². The van der Waals surface area contributed by atoms with E-state index in [4.69, 9.17) is 10.8 Å². The molecule has 5 heteroatoms.